The van der Waals surface area contributed by atoms with Gasteiger partial charge in [-0.25, -0.2) is 9.67 Å². The largest absolute Gasteiger partial charge is 0.356 e. The van der Waals surface area contributed by atoms with E-state index in [2.05, 4.69) is 38.0 Å². The predicted molar refractivity (Wildman–Crippen MR) is 107 cm³/mol. The zero-order valence-corrected chi connectivity index (χ0v) is 16.4. The SMILES string of the molecule is CN=C(NCCCCSC)NCc1ccc(-n2nc(C)cc2C)nc1. The van der Waals surface area contributed by atoms with Crippen molar-refractivity contribution < 1.29 is 0 Å². The van der Waals surface area contributed by atoms with Crippen molar-refractivity contribution in [1.82, 2.24) is 25.4 Å². The summed E-state index contributed by atoms with van der Waals surface area (Å²) in [4.78, 5) is 8.78. The molecule has 25 heavy (non-hydrogen) atoms. The topological polar surface area (TPSA) is 67.1 Å². The molecule has 2 heterocycles. The molecule has 0 spiro atoms. The zero-order valence-electron chi connectivity index (χ0n) is 15.5. The van der Waals surface area contributed by atoms with Crippen LogP contribution in [0.4, 0.5) is 0 Å². The third kappa shape index (κ3) is 6.08. The van der Waals surface area contributed by atoms with E-state index in [-0.39, 0.29) is 0 Å². The molecule has 0 aliphatic carbocycles. The van der Waals surface area contributed by atoms with E-state index in [4.69, 9.17) is 0 Å². The van der Waals surface area contributed by atoms with E-state index in [9.17, 15) is 0 Å². The van der Waals surface area contributed by atoms with Gasteiger partial charge in [-0.05, 0) is 56.4 Å². The molecule has 0 bridgehead atoms. The highest BCUT2D eigenvalue weighted by Gasteiger charge is 2.05. The van der Waals surface area contributed by atoms with Crippen molar-refractivity contribution in [2.45, 2.75) is 33.2 Å². The summed E-state index contributed by atoms with van der Waals surface area (Å²) in [5, 5.41) is 11.1. The van der Waals surface area contributed by atoms with Gasteiger partial charge in [-0.2, -0.15) is 16.9 Å². The Morgan fingerprint density at radius 2 is 2.08 bits per heavy atom. The molecule has 0 fully saturated rings. The van der Waals surface area contributed by atoms with Crippen molar-refractivity contribution in [3.8, 4) is 5.82 Å². The second-order valence-electron chi connectivity index (χ2n) is 5.92. The summed E-state index contributed by atoms with van der Waals surface area (Å²) in [6, 6.07) is 6.11. The number of rotatable bonds is 8. The van der Waals surface area contributed by atoms with Gasteiger partial charge in [0, 0.05) is 32.0 Å². The Hall–Kier alpha value is -2.02. The molecular formula is C18H28N6S. The predicted octanol–water partition coefficient (Wildman–Crippen LogP) is 2.69. The summed E-state index contributed by atoms with van der Waals surface area (Å²) in [5.41, 5.74) is 3.19. The summed E-state index contributed by atoms with van der Waals surface area (Å²) < 4.78 is 1.86. The molecule has 6 nitrogen and oxygen atoms in total. The van der Waals surface area contributed by atoms with Gasteiger partial charge in [0.2, 0.25) is 0 Å². The summed E-state index contributed by atoms with van der Waals surface area (Å²) in [6.07, 6.45) is 6.40. The lowest BCUT2D eigenvalue weighted by Crippen LogP contribution is -2.37. The molecule has 2 aromatic heterocycles. The Bertz CT molecular complexity index is 677. The molecule has 0 unspecified atom stereocenters. The van der Waals surface area contributed by atoms with Crippen LogP contribution in [0.15, 0.2) is 29.4 Å². The van der Waals surface area contributed by atoms with Gasteiger partial charge in [-0.15, -0.1) is 0 Å². The Balaban J connectivity index is 1.83. The van der Waals surface area contributed by atoms with E-state index < -0.39 is 0 Å². The van der Waals surface area contributed by atoms with Gasteiger partial charge >= 0.3 is 0 Å². The van der Waals surface area contributed by atoms with Crippen molar-refractivity contribution in [3.05, 3.63) is 41.3 Å². The molecule has 0 aliphatic heterocycles. The van der Waals surface area contributed by atoms with Gasteiger partial charge in [-0.3, -0.25) is 4.99 Å². The van der Waals surface area contributed by atoms with E-state index in [1.807, 2.05) is 48.6 Å². The first kappa shape index (κ1) is 19.3. The number of hydrogen-bond donors (Lipinski definition) is 2. The third-order valence-corrected chi connectivity index (χ3v) is 4.48. The second kappa shape index (κ2) is 10.1. The van der Waals surface area contributed by atoms with Gasteiger partial charge in [0.15, 0.2) is 11.8 Å². The van der Waals surface area contributed by atoms with E-state index in [1.54, 1.807) is 7.05 Å². The minimum Gasteiger partial charge on any atom is -0.356 e. The average molecular weight is 361 g/mol. The highest BCUT2D eigenvalue weighted by molar-refractivity contribution is 7.98. The van der Waals surface area contributed by atoms with Crippen molar-refractivity contribution in [3.63, 3.8) is 0 Å². The van der Waals surface area contributed by atoms with Gasteiger partial charge in [0.25, 0.3) is 0 Å². The molecular weight excluding hydrogens is 332 g/mol. The molecule has 0 atom stereocenters. The smallest absolute Gasteiger partial charge is 0.191 e. The number of guanidine groups is 1. The molecule has 7 heteroatoms. The Morgan fingerprint density at radius 1 is 1.24 bits per heavy atom. The summed E-state index contributed by atoms with van der Waals surface area (Å²) in [7, 11) is 1.79. The van der Waals surface area contributed by atoms with Crippen molar-refractivity contribution in [1.29, 1.82) is 0 Å². The lowest BCUT2D eigenvalue weighted by atomic mass is 10.3. The van der Waals surface area contributed by atoms with E-state index in [1.165, 1.54) is 12.2 Å². The number of pyridine rings is 1. The quantitative estimate of drug-likeness (QED) is 0.430. The van der Waals surface area contributed by atoms with E-state index >= 15 is 0 Å². The van der Waals surface area contributed by atoms with E-state index in [0.29, 0.717) is 6.54 Å². The fourth-order valence-corrected chi connectivity index (χ4v) is 2.98. The molecule has 0 radical (unpaired) electrons. The van der Waals surface area contributed by atoms with Crippen LogP contribution in [-0.4, -0.2) is 46.3 Å². The Kier molecular flexibility index (Phi) is 7.78. The minimum absolute atomic E-state index is 0.689. The van der Waals surface area contributed by atoms with Crippen molar-refractivity contribution >= 4 is 17.7 Å². The van der Waals surface area contributed by atoms with Crippen molar-refractivity contribution in [2.24, 2.45) is 4.99 Å². The van der Waals surface area contributed by atoms with Crippen LogP contribution in [0.5, 0.6) is 0 Å². The molecule has 0 aromatic carbocycles. The van der Waals surface area contributed by atoms with Crippen LogP contribution >= 0.6 is 11.8 Å². The second-order valence-corrected chi connectivity index (χ2v) is 6.90. The minimum atomic E-state index is 0.689. The average Bonchev–Trinajstić information content (AvgIpc) is 2.96. The normalized spacial score (nSPS) is 11.6. The summed E-state index contributed by atoms with van der Waals surface area (Å²) in [6.45, 7) is 5.65. The number of aromatic nitrogens is 3. The number of nitrogens with one attached hydrogen (secondary N) is 2. The molecule has 136 valence electrons. The first-order valence-electron chi connectivity index (χ1n) is 8.56. The number of nitrogens with zero attached hydrogens (tertiary/aromatic N) is 4. The first-order chi connectivity index (χ1) is 12.1. The van der Waals surface area contributed by atoms with Crippen LogP contribution in [0.2, 0.25) is 0 Å². The molecule has 2 aromatic rings. The van der Waals surface area contributed by atoms with Gasteiger partial charge < -0.3 is 10.6 Å². The molecule has 0 amide bonds. The number of unbranched alkanes of at least 4 members (excludes halogenated alkanes) is 1. The number of thioether (sulfide) groups is 1. The summed E-state index contributed by atoms with van der Waals surface area (Å²) >= 11 is 1.89. The van der Waals surface area contributed by atoms with Crippen molar-refractivity contribution in [2.75, 3.05) is 25.6 Å². The van der Waals surface area contributed by atoms with Crippen LogP contribution < -0.4 is 10.6 Å². The molecule has 2 rings (SSSR count). The lowest BCUT2D eigenvalue weighted by Gasteiger charge is -2.12. The van der Waals surface area contributed by atoms with E-state index in [0.717, 1.165) is 41.7 Å². The van der Waals surface area contributed by atoms with Crippen LogP contribution in [-0.2, 0) is 6.54 Å². The Morgan fingerprint density at radius 3 is 2.68 bits per heavy atom. The Labute approximate surface area is 154 Å². The van der Waals surface area contributed by atoms with Gasteiger partial charge in [0.05, 0.1) is 5.69 Å². The van der Waals surface area contributed by atoms with Crippen LogP contribution in [0, 0.1) is 13.8 Å². The fraction of sp³-hybridized carbons (Fsp3) is 0.500. The van der Waals surface area contributed by atoms with Gasteiger partial charge in [-0.1, -0.05) is 6.07 Å². The summed E-state index contributed by atoms with van der Waals surface area (Å²) in [5.74, 6) is 2.87. The number of aliphatic imine (C=N–C) groups is 1. The maximum atomic E-state index is 4.52. The number of hydrogen-bond acceptors (Lipinski definition) is 4. The van der Waals surface area contributed by atoms with Gasteiger partial charge in [0.1, 0.15) is 0 Å². The first-order valence-corrected chi connectivity index (χ1v) is 9.95. The molecule has 0 saturated heterocycles. The maximum Gasteiger partial charge on any atom is 0.191 e. The molecule has 0 aliphatic rings. The van der Waals surface area contributed by atoms with Crippen LogP contribution in [0.25, 0.3) is 5.82 Å². The maximum absolute atomic E-state index is 4.52. The third-order valence-electron chi connectivity index (χ3n) is 3.79. The molecule has 0 saturated carbocycles. The standard InChI is InChI=1S/C18H28N6S/c1-14-11-15(2)24(23-14)17-8-7-16(12-21-17)13-22-18(19-3)20-9-5-6-10-25-4/h7-8,11-12H,5-6,9-10,13H2,1-4H3,(H2,19,20,22). The number of aryl methyl sites for hydroxylation is 2. The zero-order chi connectivity index (χ0) is 18.1. The fourth-order valence-electron chi connectivity index (χ4n) is 2.49. The lowest BCUT2D eigenvalue weighted by molar-refractivity contribution is 0.732. The highest BCUT2D eigenvalue weighted by atomic mass is 32.2. The monoisotopic (exact) mass is 360 g/mol. The van der Waals surface area contributed by atoms with Crippen LogP contribution in [0.3, 0.4) is 0 Å². The van der Waals surface area contributed by atoms with Crippen LogP contribution in [0.1, 0.15) is 29.8 Å². The molecule has 2 N–H and O–H groups in total. The highest BCUT2D eigenvalue weighted by Crippen LogP contribution is 2.10.